The molecule has 1 aliphatic carbocycles. The molecule has 3 unspecified atom stereocenters. The van der Waals surface area contributed by atoms with Crippen molar-refractivity contribution in [1.29, 1.82) is 0 Å². The van der Waals surface area contributed by atoms with Crippen molar-refractivity contribution in [2.45, 2.75) is 65.6 Å². The molecule has 0 aromatic heterocycles. The number of rotatable bonds is 8. The lowest BCUT2D eigenvalue weighted by molar-refractivity contribution is -0.172. The zero-order valence-electron chi connectivity index (χ0n) is 14.7. The molecule has 1 aliphatic rings. The van der Waals surface area contributed by atoms with Crippen molar-refractivity contribution in [1.82, 2.24) is 0 Å². The van der Waals surface area contributed by atoms with Crippen LogP contribution < -0.4 is 0 Å². The van der Waals surface area contributed by atoms with Gasteiger partial charge in [-0.15, -0.1) is 0 Å². The normalized spacial score (nSPS) is 25.0. The monoisotopic (exact) mass is 330 g/mol. The fraction of sp³-hybridized carbons (Fsp3) is 0.882. The number of hydrogen-bond donors (Lipinski definition) is 1. The highest BCUT2D eigenvalue weighted by Crippen LogP contribution is 2.27. The Labute approximate surface area is 138 Å². The molecule has 1 rings (SSSR count). The van der Waals surface area contributed by atoms with Gasteiger partial charge in [-0.2, -0.15) is 0 Å². The van der Waals surface area contributed by atoms with E-state index >= 15 is 0 Å². The van der Waals surface area contributed by atoms with Crippen molar-refractivity contribution < 1.29 is 28.9 Å². The summed E-state index contributed by atoms with van der Waals surface area (Å²) in [6.45, 7) is 8.23. The molecule has 3 atom stereocenters. The summed E-state index contributed by atoms with van der Waals surface area (Å²) in [7, 11) is 0. The fourth-order valence-electron chi connectivity index (χ4n) is 2.44. The number of carbonyl (C=O) groups is 2. The number of aliphatic hydroxyl groups is 1. The molecule has 0 amide bonds. The predicted octanol–water partition coefficient (Wildman–Crippen LogP) is 2.08. The molecule has 0 spiro atoms. The van der Waals surface area contributed by atoms with Gasteiger partial charge >= 0.3 is 11.9 Å². The highest BCUT2D eigenvalue weighted by molar-refractivity contribution is 5.79. The first-order valence-electron chi connectivity index (χ1n) is 8.42. The quantitative estimate of drug-likeness (QED) is 0.686. The molecule has 0 heterocycles. The van der Waals surface area contributed by atoms with Gasteiger partial charge in [0.05, 0.1) is 11.5 Å². The Morgan fingerprint density at radius 1 is 1.22 bits per heavy atom. The van der Waals surface area contributed by atoms with E-state index in [0.29, 0.717) is 38.4 Å². The van der Waals surface area contributed by atoms with Crippen LogP contribution in [0.25, 0.3) is 0 Å². The second-order valence-electron chi connectivity index (χ2n) is 6.75. The summed E-state index contributed by atoms with van der Waals surface area (Å²) in [4.78, 5) is 23.6. The minimum absolute atomic E-state index is 0.295. The van der Waals surface area contributed by atoms with E-state index < -0.39 is 36.2 Å². The van der Waals surface area contributed by atoms with Crippen molar-refractivity contribution in [3.8, 4) is 0 Å². The van der Waals surface area contributed by atoms with Crippen LogP contribution in [0.5, 0.6) is 0 Å². The number of carbonyl (C=O) groups excluding carboxylic acids is 2. The van der Waals surface area contributed by atoms with Gasteiger partial charge in [-0.3, -0.25) is 4.79 Å². The highest BCUT2D eigenvalue weighted by atomic mass is 16.6. The van der Waals surface area contributed by atoms with Crippen LogP contribution in [-0.4, -0.2) is 49.1 Å². The molecule has 0 radical (unpaired) electrons. The van der Waals surface area contributed by atoms with Crippen molar-refractivity contribution in [2.24, 2.45) is 11.3 Å². The predicted molar refractivity (Wildman–Crippen MR) is 84.8 cm³/mol. The summed E-state index contributed by atoms with van der Waals surface area (Å²) in [5.74, 6) is -0.737. The largest absolute Gasteiger partial charge is 0.457 e. The van der Waals surface area contributed by atoms with Crippen LogP contribution in [0.3, 0.4) is 0 Å². The molecule has 1 saturated carbocycles. The van der Waals surface area contributed by atoms with Gasteiger partial charge in [0, 0.05) is 13.2 Å². The third-order valence-corrected chi connectivity index (χ3v) is 4.46. The summed E-state index contributed by atoms with van der Waals surface area (Å²) >= 11 is 0. The van der Waals surface area contributed by atoms with Crippen molar-refractivity contribution in [3.05, 3.63) is 0 Å². The standard InChI is InChI=1S/C17H30O6/c1-5-17(3,4)16(20)22-11-15(19)23-14-8-7-12(9-13(14)18)10-21-6-2/h12-14,18H,5-11H2,1-4H3. The summed E-state index contributed by atoms with van der Waals surface area (Å²) in [6, 6.07) is 0. The van der Waals surface area contributed by atoms with Crippen molar-refractivity contribution in [2.75, 3.05) is 19.8 Å². The summed E-state index contributed by atoms with van der Waals surface area (Å²) in [6.07, 6.45) is 1.40. The maximum atomic E-state index is 11.8. The zero-order chi connectivity index (χ0) is 17.5. The van der Waals surface area contributed by atoms with Gasteiger partial charge in [0.15, 0.2) is 6.61 Å². The average molecular weight is 330 g/mol. The van der Waals surface area contributed by atoms with Crippen LogP contribution >= 0.6 is 0 Å². The Morgan fingerprint density at radius 2 is 1.91 bits per heavy atom. The molecule has 134 valence electrons. The maximum Gasteiger partial charge on any atom is 0.344 e. The smallest absolute Gasteiger partial charge is 0.344 e. The third kappa shape index (κ3) is 6.47. The van der Waals surface area contributed by atoms with E-state index in [9.17, 15) is 14.7 Å². The van der Waals surface area contributed by atoms with Crippen molar-refractivity contribution in [3.63, 3.8) is 0 Å². The Kier molecular flexibility index (Phi) is 7.99. The van der Waals surface area contributed by atoms with Crippen LogP contribution in [0.1, 0.15) is 53.4 Å². The van der Waals surface area contributed by atoms with Crippen LogP contribution in [0.2, 0.25) is 0 Å². The van der Waals surface area contributed by atoms with Crippen LogP contribution in [-0.2, 0) is 23.8 Å². The Balaban J connectivity index is 2.34. The highest BCUT2D eigenvalue weighted by Gasteiger charge is 2.33. The summed E-state index contributed by atoms with van der Waals surface area (Å²) in [5.41, 5.74) is -0.614. The number of esters is 2. The van der Waals surface area contributed by atoms with Gasteiger partial charge < -0.3 is 19.3 Å². The number of hydrogen-bond acceptors (Lipinski definition) is 6. The minimum atomic E-state index is -0.694. The van der Waals surface area contributed by atoms with E-state index in [1.165, 1.54) is 0 Å². The number of ether oxygens (including phenoxy) is 3. The first-order valence-corrected chi connectivity index (χ1v) is 8.42. The Hall–Kier alpha value is -1.14. The first kappa shape index (κ1) is 19.9. The SMILES string of the molecule is CCOCC1CCC(OC(=O)COC(=O)C(C)(C)CC)C(O)C1. The van der Waals surface area contributed by atoms with Crippen molar-refractivity contribution >= 4 is 11.9 Å². The van der Waals surface area contributed by atoms with Gasteiger partial charge in [-0.05, 0) is 52.4 Å². The lowest BCUT2D eigenvalue weighted by atomic mass is 9.86. The van der Waals surface area contributed by atoms with E-state index in [1.807, 2.05) is 13.8 Å². The Morgan fingerprint density at radius 3 is 2.48 bits per heavy atom. The summed E-state index contributed by atoms with van der Waals surface area (Å²) in [5, 5.41) is 10.1. The Bertz CT molecular complexity index is 393. The maximum absolute atomic E-state index is 11.8. The van der Waals surface area contributed by atoms with Gasteiger partial charge in [0.1, 0.15) is 6.10 Å². The molecule has 0 saturated heterocycles. The van der Waals surface area contributed by atoms with E-state index in [4.69, 9.17) is 14.2 Å². The molecule has 23 heavy (non-hydrogen) atoms. The van der Waals surface area contributed by atoms with Gasteiger partial charge in [0.25, 0.3) is 0 Å². The fourth-order valence-corrected chi connectivity index (χ4v) is 2.44. The molecule has 0 aromatic rings. The van der Waals surface area contributed by atoms with E-state index in [0.717, 1.165) is 6.42 Å². The first-order chi connectivity index (χ1) is 10.8. The van der Waals surface area contributed by atoms with Gasteiger partial charge in [-0.25, -0.2) is 4.79 Å². The van der Waals surface area contributed by atoms with Crippen LogP contribution in [0, 0.1) is 11.3 Å². The van der Waals surface area contributed by atoms with E-state index in [1.54, 1.807) is 13.8 Å². The van der Waals surface area contributed by atoms with Crippen LogP contribution in [0.15, 0.2) is 0 Å². The van der Waals surface area contributed by atoms with E-state index in [-0.39, 0.29) is 0 Å². The molecular formula is C17H30O6. The summed E-state index contributed by atoms with van der Waals surface area (Å²) < 4.78 is 15.6. The van der Waals surface area contributed by atoms with Gasteiger partial charge in [-0.1, -0.05) is 6.92 Å². The minimum Gasteiger partial charge on any atom is -0.457 e. The number of aliphatic hydroxyl groups excluding tert-OH is 1. The molecule has 0 bridgehead atoms. The molecule has 0 aliphatic heterocycles. The second-order valence-corrected chi connectivity index (χ2v) is 6.75. The average Bonchev–Trinajstić information content (AvgIpc) is 2.52. The zero-order valence-corrected chi connectivity index (χ0v) is 14.7. The molecule has 6 nitrogen and oxygen atoms in total. The molecule has 0 aromatic carbocycles. The third-order valence-electron chi connectivity index (χ3n) is 4.46. The lowest BCUT2D eigenvalue weighted by Gasteiger charge is -2.32. The molecule has 1 N–H and O–H groups in total. The molecule has 1 fully saturated rings. The molecule has 6 heteroatoms. The second kappa shape index (κ2) is 9.23. The topological polar surface area (TPSA) is 82.1 Å². The molecular weight excluding hydrogens is 300 g/mol. The van der Waals surface area contributed by atoms with E-state index in [2.05, 4.69) is 0 Å². The lowest BCUT2D eigenvalue weighted by Crippen LogP contribution is -2.39. The van der Waals surface area contributed by atoms with Gasteiger partial charge in [0.2, 0.25) is 0 Å². The van der Waals surface area contributed by atoms with Crippen LogP contribution in [0.4, 0.5) is 0 Å².